The number of aryl methyl sites for hydroxylation is 3. The highest BCUT2D eigenvalue weighted by atomic mass is 16.4. The molecule has 6 bridgehead atoms. The molecule has 3 aromatic rings. The molecule has 4 aliphatic rings. The molecule has 4 aliphatic heterocycles. The molecule has 434 valence electrons. The van der Waals surface area contributed by atoms with Crippen molar-refractivity contribution in [3.8, 4) is 17.6 Å². The zero-order chi connectivity index (χ0) is 57.3. The van der Waals surface area contributed by atoms with Crippen molar-refractivity contribution < 1.29 is 65.8 Å². The van der Waals surface area contributed by atoms with E-state index in [9.17, 15) is 65.8 Å². The number of fused-ring (bicyclic) bond motifs is 6. The molecular weight excluding hydrogens is 1000 g/mol. The van der Waals surface area contributed by atoms with Crippen molar-refractivity contribution in [3.05, 3.63) is 123 Å². The predicted octanol–water partition coefficient (Wildman–Crippen LogP) is 6.15. The van der Waals surface area contributed by atoms with Gasteiger partial charge in [-0.25, -0.2) is 0 Å². The van der Waals surface area contributed by atoms with Crippen molar-refractivity contribution in [1.29, 1.82) is 0 Å². The standard InChI is InChI=1S/C64H90N2O13/c1-4-5-15-56(71)57(72)29-23-46-22-21-45-13-9-12-44(11-7-6-8-33-67)51(45)14-10-32-64(63(3,79)38-42-18-25-49(69)26-19-42)39-43-17-20-48(47(34-43)24-31-60(75)76)35-59(74)52-27-16-41(2)65-62(54(52)37-61(77)78)58(73)30-28-55(66-64)53(46)36-50(70)40-68/h9,12-13,17-20,23,25-26,29,34,41,50,52,54-59,62,65-74,79H,4-8,11,15-16,21-22,24,27-28,30-33,35-40H2,1-3H3,(H,75,76)(H,77,78)/b29-23+,53-46+/t41-,50-,52-,54+,55-,56-,57+,58+,59+,62+,63-,64-/m0/s1. The van der Waals surface area contributed by atoms with Crippen LogP contribution in [0.2, 0.25) is 0 Å². The summed E-state index contributed by atoms with van der Waals surface area (Å²) in [5.41, 5.74) is 3.62. The monoisotopic (exact) mass is 1090 g/mol. The van der Waals surface area contributed by atoms with E-state index in [0.29, 0.717) is 84.8 Å². The molecule has 79 heavy (non-hydrogen) atoms. The van der Waals surface area contributed by atoms with Crippen molar-refractivity contribution in [2.45, 2.75) is 215 Å². The van der Waals surface area contributed by atoms with Crippen LogP contribution in [-0.2, 0) is 48.1 Å². The minimum Gasteiger partial charge on any atom is -0.508 e. The lowest BCUT2D eigenvalue weighted by Gasteiger charge is -2.49. The number of allylic oxidation sites excluding steroid dienone is 2. The summed E-state index contributed by atoms with van der Waals surface area (Å²) in [5, 5.41) is 132. The number of hydrogen-bond donors (Lipinski definition) is 13. The number of aliphatic hydroxyl groups is 8. The van der Waals surface area contributed by atoms with Gasteiger partial charge in [-0.1, -0.05) is 98.7 Å². The van der Waals surface area contributed by atoms with E-state index in [1.165, 1.54) is 0 Å². The van der Waals surface area contributed by atoms with E-state index in [2.05, 4.69) is 28.5 Å². The molecule has 1 fully saturated rings. The molecule has 0 unspecified atom stereocenters. The SMILES string of the molecule is CCCC[C@H](O)[C@H](O)/C=C/C1=C(\C[C@H](O)CO)[C@@H]2CC[C@@H](O)[C@@H]3N[C@@H](C)CC[C@@H]([C@H]3CC(=O)O)[C@H](O)Cc3ccc(cc3CCC(=O)O)C[C@]([C@@](C)(O)Cc3ccc(O)cc3)(CC#Cc3c(CCCCCO)cccc3CC1)N2. The van der Waals surface area contributed by atoms with Crippen molar-refractivity contribution >= 4 is 11.9 Å². The number of phenolic OH excluding ortho intramolecular Hbond substituents is 1. The van der Waals surface area contributed by atoms with Gasteiger partial charge in [-0.2, -0.15) is 0 Å². The number of nitrogens with one attached hydrogen (secondary N) is 2. The second-order valence-electron chi connectivity index (χ2n) is 23.2. The fraction of sp³-hybridized carbons (Fsp3) is 0.594. The van der Waals surface area contributed by atoms with Gasteiger partial charge >= 0.3 is 11.9 Å². The van der Waals surface area contributed by atoms with E-state index in [1.807, 2.05) is 44.2 Å². The third kappa shape index (κ3) is 17.8. The summed E-state index contributed by atoms with van der Waals surface area (Å²) in [6.45, 7) is 5.18. The number of phenols is 1. The fourth-order valence-electron chi connectivity index (χ4n) is 12.5. The number of unbranched alkanes of at least 4 members (excludes halogenated alkanes) is 3. The Hall–Kier alpha value is -4.96. The van der Waals surface area contributed by atoms with Crippen LogP contribution in [0.5, 0.6) is 5.75 Å². The second kappa shape index (κ2) is 30.2. The lowest BCUT2D eigenvalue weighted by molar-refractivity contribution is -0.140. The molecule has 3 aromatic carbocycles. The Morgan fingerprint density at radius 3 is 2.35 bits per heavy atom. The summed E-state index contributed by atoms with van der Waals surface area (Å²) >= 11 is 0. The average Bonchev–Trinajstić information content (AvgIpc) is 3.66. The zero-order valence-electron chi connectivity index (χ0n) is 46.7. The van der Waals surface area contributed by atoms with Gasteiger partial charge in [-0.05, 0) is 172 Å². The molecule has 1 saturated heterocycles. The molecule has 0 aromatic heterocycles. The van der Waals surface area contributed by atoms with E-state index < -0.39 is 84.1 Å². The Kier molecular flexibility index (Phi) is 24.2. The lowest BCUT2D eigenvalue weighted by Crippen LogP contribution is -2.66. The first kappa shape index (κ1) is 63.2. The Labute approximate surface area is 467 Å². The third-order valence-corrected chi connectivity index (χ3v) is 17.1. The predicted molar refractivity (Wildman–Crippen MR) is 304 cm³/mol. The van der Waals surface area contributed by atoms with Gasteiger partial charge in [-0.15, -0.1) is 0 Å². The minimum absolute atomic E-state index is 0.00769. The Morgan fingerprint density at radius 1 is 0.873 bits per heavy atom. The molecule has 0 amide bonds. The van der Waals surface area contributed by atoms with Crippen LogP contribution in [0.15, 0.2) is 84.0 Å². The van der Waals surface area contributed by atoms with Gasteiger partial charge in [0, 0.05) is 49.6 Å². The quantitative estimate of drug-likeness (QED) is 0.0397. The number of carboxylic acid groups (broad SMARTS) is 2. The molecule has 0 aliphatic carbocycles. The largest absolute Gasteiger partial charge is 0.508 e. The molecule has 15 nitrogen and oxygen atoms in total. The van der Waals surface area contributed by atoms with Crippen LogP contribution < -0.4 is 10.6 Å². The van der Waals surface area contributed by atoms with E-state index in [-0.39, 0.29) is 82.6 Å². The van der Waals surface area contributed by atoms with Gasteiger partial charge in [-0.3, -0.25) is 9.59 Å². The summed E-state index contributed by atoms with van der Waals surface area (Å²) in [6.07, 6.45) is 4.01. The first-order chi connectivity index (χ1) is 37.8. The minimum atomic E-state index is -1.73. The molecule has 12 atom stereocenters. The summed E-state index contributed by atoms with van der Waals surface area (Å²) in [4.78, 5) is 25.1. The first-order valence-electron chi connectivity index (χ1n) is 29.0. The van der Waals surface area contributed by atoms with Crippen LogP contribution in [0.1, 0.15) is 156 Å². The number of aliphatic carboxylic acids is 2. The van der Waals surface area contributed by atoms with Gasteiger partial charge in [0.05, 0.1) is 54.7 Å². The summed E-state index contributed by atoms with van der Waals surface area (Å²) in [7, 11) is 0. The Morgan fingerprint density at radius 2 is 1.65 bits per heavy atom. The average molecular weight is 1100 g/mol. The molecule has 4 heterocycles. The first-order valence-corrected chi connectivity index (χ1v) is 29.0. The highest BCUT2D eigenvalue weighted by Gasteiger charge is 2.49. The van der Waals surface area contributed by atoms with E-state index in [1.54, 1.807) is 43.3 Å². The number of hydrogen-bond acceptors (Lipinski definition) is 13. The maximum absolute atomic E-state index is 13.7. The molecule has 7 rings (SSSR count). The van der Waals surface area contributed by atoms with Crippen molar-refractivity contribution in [1.82, 2.24) is 10.6 Å². The van der Waals surface area contributed by atoms with Crippen molar-refractivity contribution in [2.75, 3.05) is 13.2 Å². The van der Waals surface area contributed by atoms with Crippen LogP contribution in [0.4, 0.5) is 0 Å². The Balaban J connectivity index is 1.72. The number of aliphatic hydroxyl groups excluding tert-OH is 7. The van der Waals surface area contributed by atoms with Crippen LogP contribution in [0.25, 0.3) is 0 Å². The molecule has 0 radical (unpaired) electrons. The van der Waals surface area contributed by atoms with Crippen LogP contribution >= 0.6 is 0 Å². The summed E-state index contributed by atoms with van der Waals surface area (Å²) < 4.78 is 0. The van der Waals surface area contributed by atoms with Gasteiger partial charge in [0.25, 0.3) is 0 Å². The third-order valence-electron chi connectivity index (χ3n) is 17.1. The number of carboxylic acids is 2. The smallest absolute Gasteiger partial charge is 0.303 e. The highest BCUT2D eigenvalue weighted by molar-refractivity contribution is 5.67. The van der Waals surface area contributed by atoms with Crippen LogP contribution in [0.3, 0.4) is 0 Å². The summed E-state index contributed by atoms with van der Waals surface area (Å²) in [6, 6.07) is 16.6. The second-order valence-corrected chi connectivity index (χ2v) is 23.2. The topological polar surface area (TPSA) is 281 Å². The van der Waals surface area contributed by atoms with Gasteiger partial charge in [0.2, 0.25) is 0 Å². The number of rotatable bonds is 22. The number of carbonyl (C=O) groups is 2. The lowest BCUT2D eigenvalue weighted by atomic mass is 9.69. The zero-order valence-corrected chi connectivity index (χ0v) is 46.7. The summed E-state index contributed by atoms with van der Waals surface area (Å²) in [5.74, 6) is 3.78. The van der Waals surface area contributed by atoms with Crippen LogP contribution in [0, 0.1) is 23.7 Å². The maximum Gasteiger partial charge on any atom is 0.303 e. The fourth-order valence-corrected chi connectivity index (χ4v) is 12.5. The highest BCUT2D eigenvalue weighted by Crippen LogP contribution is 2.40. The normalized spacial score (nSPS) is 27.0. The molecule has 15 heteroatoms. The van der Waals surface area contributed by atoms with Gasteiger partial charge in [0.15, 0.2) is 0 Å². The number of aromatic hydroxyl groups is 1. The van der Waals surface area contributed by atoms with Crippen molar-refractivity contribution in [2.24, 2.45) is 11.8 Å². The molecule has 0 saturated carbocycles. The molecule has 13 N–H and O–H groups in total. The van der Waals surface area contributed by atoms with Crippen molar-refractivity contribution in [3.63, 3.8) is 0 Å². The van der Waals surface area contributed by atoms with Gasteiger partial charge in [0.1, 0.15) is 5.75 Å². The maximum atomic E-state index is 13.7. The van der Waals surface area contributed by atoms with Crippen LogP contribution in [-0.4, -0.2) is 141 Å². The Bertz CT molecular complexity index is 2570. The number of benzene rings is 3. The van der Waals surface area contributed by atoms with Gasteiger partial charge < -0.3 is 66.8 Å². The molecular formula is C64H90N2O13. The molecule has 0 spiro atoms. The van der Waals surface area contributed by atoms with E-state index >= 15 is 0 Å². The van der Waals surface area contributed by atoms with E-state index in [0.717, 1.165) is 36.0 Å². The van der Waals surface area contributed by atoms with E-state index in [4.69, 9.17) is 0 Å².